The van der Waals surface area contributed by atoms with Crippen molar-refractivity contribution < 1.29 is 4.79 Å². The van der Waals surface area contributed by atoms with Crippen molar-refractivity contribution in [2.75, 3.05) is 13.1 Å². The smallest absolute Gasteiger partial charge is 0.335 e. The van der Waals surface area contributed by atoms with Crippen LogP contribution in [0.2, 0.25) is 0 Å². The normalized spacial score (nSPS) is 15.8. The average molecular weight is 454 g/mol. The minimum absolute atomic E-state index is 0.135. The monoisotopic (exact) mass is 453 g/mol. The highest BCUT2D eigenvalue weighted by Crippen LogP contribution is 2.32. The van der Waals surface area contributed by atoms with Crippen LogP contribution in [0.5, 0.6) is 0 Å². The van der Waals surface area contributed by atoms with Crippen LogP contribution in [0.4, 0.5) is 4.79 Å². The van der Waals surface area contributed by atoms with E-state index < -0.39 is 0 Å². The van der Waals surface area contributed by atoms with Crippen molar-refractivity contribution in [2.45, 2.75) is 50.9 Å². The topological polar surface area (TPSA) is 44.7 Å². The third kappa shape index (κ3) is 5.39. The summed E-state index contributed by atoms with van der Waals surface area (Å²) in [5, 5.41) is 9.64. The van der Waals surface area contributed by atoms with Gasteiger partial charge in [-0.15, -0.1) is 0 Å². The Morgan fingerprint density at radius 1 is 0.912 bits per heavy atom. The van der Waals surface area contributed by atoms with Crippen molar-refractivity contribution in [3.8, 4) is 0 Å². The van der Waals surface area contributed by atoms with Gasteiger partial charge in [-0.05, 0) is 36.5 Å². The van der Waals surface area contributed by atoms with Crippen LogP contribution in [0, 0.1) is 0 Å². The van der Waals surface area contributed by atoms with Gasteiger partial charge >= 0.3 is 6.03 Å². The molecule has 0 spiro atoms. The molecule has 3 aromatic carbocycles. The summed E-state index contributed by atoms with van der Waals surface area (Å²) in [6, 6.07) is 31.1. The van der Waals surface area contributed by atoms with Crippen LogP contribution < -0.4 is 5.32 Å². The van der Waals surface area contributed by atoms with Crippen LogP contribution in [0.3, 0.4) is 0 Å². The first kappa shape index (κ1) is 23.7. The lowest BCUT2D eigenvalue weighted by Crippen LogP contribution is -2.44. The van der Waals surface area contributed by atoms with Gasteiger partial charge in [0.05, 0.1) is 6.54 Å². The van der Waals surface area contributed by atoms with E-state index in [1.54, 1.807) is 5.01 Å². The van der Waals surface area contributed by atoms with Gasteiger partial charge in [0.25, 0.3) is 0 Å². The summed E-state index contributed by atoms with van der Waals surface area (Å²) in [6.07, 6.45) is 4.39. The Hall–Kier alpha value is -3.40. The molecule has 0 saturated heterocycles. The summed E-state index contributed by atoms with van der Waals surface area (Å²) in [5.41, 5.74) is 4.35. The van der Waals surface area contributed by atoms with Gasteiger partial charge in [-0.3, -0.25) is 0 Å². The lowest BCUT2D eigenvalue weighted by molar-refractivity contribution is 0.202. The molecule has 1 atom stereocenters. The first-order valence-corrected chi connectivity index (χ1v) is 12.4. The molecule has 0 radical (unpaired) electrons. The van der Waals surface area contributed by atoms with Gasteiger partial charge in [0, 0.05) is 23.6 Å². The fourth-order valence-corrected chi connectivity index (χ4v) is 4.76. The zero-order valence-corrected chi connectivity index (χ0v) is 20.3. The van der Waals surface area contributed by atoms with Gasteiger partial charge in [0.2, 0.25) is 0 Å². The minimum Gasteiger partial charge on any atom is -0.335 e. The van der Waals surface area contributed by atoms with E-state index in [0.29, 0.717) is 13.1 Å². The minimum atomic E-state index is -0.343. The molecule has 1 N–H and O–H groups in total. The number of urea groups is 1. The predicted molar refractivity (Wildman–Crippen MR) is 140 cm³/mol. The van der Waals surface area contributed by atoms with Crippen molar-refractivity contribution in [3.05, 3.63) is 108 Å². The van der Waals surface area contributed by atoms with Gasteiger partial charge in [-0.1, -0.05) is 111 Å². The molecular formula is C30H35N3O. The van der Waals surface area contributed by atoms with Crippen LogP contribution in [0.1, 0.15) is 62.1 Å². The SMILES string of the molecule is CCCCCC1=NN(C(=O)NCC(C)(c2ccccc2)c2ccccc2)CC1c1ccccc1. The molecule has 1 unspecified atom stereocenters. The van der Waals surface area contributed by atoms with E-state index >= 15 is 0 Å². The fraction of sp³-hybridized carbons (Fsp3) is 0.333. The molecule has 1 heterocycles. The van der Waals surface area contributed by atoms with Gasteiger partial charge < -0.3 is 5.32 Å². The lowest BCUT2D eigenvalue weighted by atomic mass is 9.76. The Bertz CT molecular complexity index is 1040. The number of amides is 2. The average Bonchev–Trinajstić information content (AvgIpc) is 3.33. The van der Waals surface area contributed by atoms with E-state index in [1.807, 2.05) is 18.2 Å². The van der Waals surface area contributed by atoms with E-state index in [4.69, 9.17) is 5.10 Å². The molecule has 1 aliphatic heterocycles. The highest BCUT2D eigenvalue weighted by molar-refractivity contribution is 5.94. The van der Waals surface area contributed by atoms with Crippen LogP contribution >= 0.6 is 0 Å². The van der Waals surface area contributed by atoms with Crippen molar-refractivity contribution >= 4 is 11.7 Å². The Kier molecular flexibility index (Phi) is 7.79. The summed E-state index contributed by atoms with van der Waals surface area (Å²) in [7, 11) is 0. The first-order chi connectivity index (χ1) is 16.6. The second-order valence-corrected chi connectivity index (χ2v) is 9.32. The second-order valence-electron chi connectivity index (χ2n) is 9.32. The summed E-state index contributed by atoms with van der Waals surface area (Å²) < 4.78 is 0. The highest BCUT2D eigenvalue weighted by atomic mass is 16.2. The Balaban J connectivity index is 1.51. The predicted octanol–water partition coefficient (Wildman–Crippen LogP) is 6.74. The van der Waals surface area contributed by atoms with Crippen molar-refractivity contribution in [3.63, 3.8) is 0 Å². The number of unbranched alkanes of at least 4 members (excludes halogenated alkanes) is 2. The fourth-order valence-electron chi connectivity index (χ4n) is 4.76. The molecule has 4 nitrogen and oxygen atoms in total. The molecule has 0 bridgehead atoms. The molecular weight excluding hydrogens is 418 g/mol. The number of carbonyl (C=O) groups excluding carboxylic acids is 1. The number of hydrazone groups is 1. The van der Waals surface area contributed by atoms with Crippen LogP contribution in [-0.2, 0) is 5.41 Å². The zero-order valence-electron chi connectivity index (χ0n) is 20.3. The molecule has 1 aliphatic rings. The Morgan fingerprint density at radius 3 is 2.03 bits per heavy atom. The van der Waals surface area contributed by atoms with E-state index in [-0.39, 0.29) is 17.4 Å². The quantitative estimate of drug-likeness (QED) is 0.358. The largest absolute Gasteiger partial charge is 0.337 e. The zero-order chi connectivity index (χ0) is 23.8. The van der Waals surface area contributed by atoms with Gasteiger partial charge in [-0.2, -0.15) is 5.10 Å². The lowest BCUT2D eigenvalue weighted by Gasteiger charge is -2.32. The standard InChI is InChI=1S/C30H35N3O/c1-3-4-8-21-28-27(24-15-9-5-10-16-24)22-33(32-28)29(34)31-23-30(2,25-17-11-6-12-18-25)26-19-13-7-14-20-26/h5-7,9-20,27H,3-4,8,21-23H2,1-2H3,(H,31,34). The maximum absolute atomic E-state index is 13.3. The van der Waals surface area contributed by atoms with E-state index in [9.17, 15) is 4.79 Å². The number of rotatable bonds is 9. The number of nitrogens with one attached hydrogen (secondary N) is 1. The van der Waals surface area contributed by atoms with Crippen molar-refractivity contribution in [1.29, 1.82) is 0 Å². The summed E-state index contributed by atoms with van der Waals surface area (Å²) in [6.45, 7) is 5.48. The third-order valence-corrected chi connectivity index (χ3v) is 6.89. The number of benzene rings is 3. The molecule has 0 saturated carbocycles. The number of carbonyl (C=O) groups is 1. The highest BCUT2D eigenvalue weighted by Gasteiger charge is 2.33. The van der Waals surface area contributed by atoms with Gasteiger partial charge in [-0.25, -0.2) is 9.80 Å². The summed E-state index contributed by atoms with van der Waals surface area (Å²) >= 11 is 0. The molecule has 34 heavy (non-hydrogen) atoms. The number of hydrogen-bond donors (Lipinski definition) is 1. The van der Waals surface area contributed by atoms with Crippen LogP contribution in [-0.4, -0.2) is 29.8 Å². The van der Waals surface area contributed by atoms with Crippen LogP contribution in [0.25, 0.3) is 0 Å². The van der Waals surface area contributed by atoms with Gasteiger partial charge in [0.1, 0.15) is 0 Å². The third-order valence-electron chi connectivity index (χ3n) is 6.89. The first-order valence-electron chi connectivity index (χ1n) is 12.4. The maximum atomic E-state index is 13.3. The molecule has 4 rings (SSSR count). The summed E-state index contributed by atoms with van der Waals surface area (Å²) in [4.78, 5) is 13.3. The molecule has 2 amide bonds. The summed E-state index contributed by atoms with van der Waals surface area (Å²) in [5.74, 6) is 0.165. The van der Waals surface area contributed by atoms with Crippen molar-refractivity contribution in [1.82, 2.24) is 10.3 Å². The maximum Gasteiger partial charge on any atom is 0.337 e. The molecule has 4 heteroatoms. The van der Waals surface area contributed by atoms with E-state index in [1.165, 1.54) is 29.5 Å². The van der Waals surface area contributed by atoms with E-state index in [2.05, 4.69) is 92.0 Å². The molecule has 176 valence electrons. The Labute approximate surface area is 203 Å². The van der Waals surface area contributed by atoms with Crippen LogP contribution in [0.15, 0.2) is 96.1 Å². The molecule has 0 aromatic heterocycles. The number of nitrogens with zero attached hydrogens (tertiary/aromatic N) is 2. The molecule has 0 aliphatic carbocycles. The van der Waals surface area contributed by atoms with E-state index in [0.717, 1.165) is 18.6 Å². The Morgan fingerprint density at radius 2 is 1.47 bits per heavy atom. The van der Waals surface area contributed by atoms with Gasteiger partial charge in [0.15, 0.2) is 0 Å². The second kappa shape index (κ2) is 11.1. The molecule has 3 aromatic rings. The van der Waals surface area contributed by atoms with Crippen molar-refractivity contribution in [2.24, 2.45) is 5.10 Å². The number of hydrogen-bond acceptors (Lipinski definition) is 2. The molecule has 0 fully saturated rings.